The fraction of sp³-hybridized carbons (Fsp3) is 0.333. The second-order valence-electron chi connectivity index (χ2n) is 9.04. The first-order valence-corrected chi connectivity index (χ1v) is 12.7. The Balaban J connectivity index is 1.40. The number of carbonyl (C=O) groups is 1. The standard InChI is InChI=1S/C27H26F3N3O3S/c1-17(34)32(2)20-8-10-33(16-20)26-14-19(7-9-31-26)18-3-6-25(22(13-18)27(28,29)30)37-21-4-5-23-24(15-21)36-12-11-35-23/h3-7,9,13-15,20H,8,10-12,16H2,1-2H3. The number of hydrogen-bond donors (Lipinski definition) is 0. The van der Waals surface area contributed by atoms with Gasteiger partial charge in [-0.15, -0.1) is 0 Å². The van der Waals surface area contributed by atoms with E-state index in [1.165, 1.54) is 19.1 Å². The van der Waals surface area contributed by atoms with Crippen LogP contribution in [0, 0.1) is 0 Å². The lowest BCUT2D eigenvalue weighted by atomic mass is 10.0. The van der Waals surface area contributed by atoms with Crippen LogP contribution in [0.3, 0.4) is 0 Å². The number of alkyl halides is 3. The van der Waals surface area contributed by atoms with E-state index in [9.17, 15) is 18.0 Å². The summed E-state index contributed by atoms with van der Waals surface area (Å²) in [6.45, 7) is 3.74. The van der Waals surface area contributed by atoms with Crippen LogP contribution < -0.4 is 14.4 Å². The van der Waals surface area contributed by atoms with E-state index in [0.717, 1.165) is 24.7 Å². The van der Waals surface area contributed by atoms with Crippen molar-refractivity contribution in [2.75, 3.05) is 38.3 Å². The van der Waals surface area contributed by atoms with Crippen LogP contribution in [-0.4, -0.2) is 55.2 Å². The van der Waals surface area contributed by atoms with Gasteiger partial charge in [0.15, 0.2) is 11.5 Å². The summed E-state index contributed by atoms with van der Waals surface area (Å²) in [6.07, 6.45) is -2.11. The molecule has 0 spiro atoms. The van der Waals surface area contributed by atoms with E-state index in [2.05, 4.69) is 9.88 Å². The van der Waals surface area contributed by atoms with Gasteiger partial charge in [0, 0.05) is 43.0 Å². The maximum atomic E-state index is 14.1. The maximum Gasteiger partial charge on any atom is 0.417 e. The Labute approximate surface area is 217 Å². The summed E-state index contributed by atoms with van der Waals surface area (Å²) in [7, 11) is 1.78. The average molecular weight is 530 g/mol. The van der Waals surface area contributed by atoms with Crippen LogP contribution in [0.1, 0.15) is 18.9 Å². The summed E-state index contributed by atoms with van der Waals surface area (Å²) in [5, 5.41) is 0. The second kappa shape index (κ2) is 10.2. The van der Waals surface area contributed by atoms with Crippen LogP contribution >= 0.6 is 11.8 Å². The normalized spacial score (nSPS) is 17.1. The minimum Gasteiger partial charge on any atom is -0.486 e. The Morgan fingerprint density at radius 2 is 1.81 bits per heavy atom. The van der Waals surface area contributed by atoms with Crippen LogP contribution in [0.4, 0.5) is 19.0 Å². The SMILES string of the molecule is CC(=O)N(C)C1CCN(c2cc(-c3ccc(Sc4ccc5c(c4)OCCO5)c(C(F)(F)F)c3)ccn2)C1. The maximum absolute atomic E-state index is 14.1. The predicted octanol–water partition coefficient (Wildman–Crippen LogP) is 5.75. The molecular weight excluding hydrogens is 503 g/mol. The van der Waals surface area contributed by atoms with Crippen LogP contribution in [0.5, 0.6) is 11.5 Å². The van der Waals surface area contributed by atoms with Crippen molar-refractivity contribution in [3.63, 3.8) is 0 Å². The molecule has 1 unspecified atom stereocenters. The molecule has 1 fully saturated rings. The molecule has 6 nitrogen and oxygen atoms in total. The monoisotopic (exact) mass is 529 g/mol. The third-order valence-electron chi connectivity index (χ3n) is 6.64. The van der Waals surface area contributed by atoms with Crippen molar-refractivity contribution in [3.8, 4) is 22.6 Å². The summed E-state index contributed by atoms with van der Waals surface area (Å²) in [5.74, 6) is 1.81. The molecular formula is C27H26F3N3O3S. The molecule has 3 aromatic rings. The van der Waals surface area contributed by atoms with E-state index in [1.807, 2.05) is 0 Å². The van der Waals surface area contributed by atoms with E-state index in [0.29, 0.717) is 53.1 Å². The molecule has 1 aromatic heterocycles. The highest BCUT2D eigenvalue weighted by Crippen LogP contribution is 2.43. The van der Waals surface area contributed by atoms with Crippen LogP contribution in [0.15, 0.2) is 64.5 Å². The Bertz CT molecular complexity index is 1320. The lowest BCUT2D eigenvalue weighted by Crippen LogP contribution is -2.37. The summed E-state index contributed by atoms with van der Waals surface area (Å²) in [6, 6.07) is 13.1. The molecule has 0 bridgehead atoms. The van der Waals surface area contributed by atoms with Gasteiger partial charge in [0.2, 0.25) is 5.91 Å². The summed E-state index contributed by atoms with van der Waals surface area (Å²) in [5.41, 5.74) is 0.404. The Hall–Kier alpha value is -3.40. The minimum absolute atomic E-state index is 0.00226. The number of fused-ring (bicyclic) bond motifs is 1. The Kier molecular flexibility index (Phi) is 6.94. The predicted molar refractivity (Wildman–Crippen MR) is 135 cm³/mol. The summed E-state index contributed by atoms with van der Waals surface area (Å²) >= 11 is 1.04. The van der Waals surface area contributed by atoms with Gasteiger partial charge in [0.05, 0.1) is 11.6 Å². The van der Waals surface area contributed by atoms with Gasteiger partial charge in [-0.05, 0) is 60.0 Å². The Morgan fingerprint density at radius 1 is 1.05 bits per heavy atom. The zero-order valence-corrected chi connectivity index (χ0v) is 21.2. The molecule has 5 rings (SSSR count). The third kappa shape index (κ3) is 5.49. The van der Waals surface area contributed by atoms with Gasteiger partial charge in [-0.2, -0.15) is 13.2 Å². The zero-order valence-electron chi connectivity index (χ0n) is 20.4. The first kappa shape index (κ1) is 25.3. The number of halogens is 3. The zero-order chi connectivity index (χ0) is 26.2. The number of rotatable bonds is 5. The van der Waals surface area contributed by atoms with Gasteiger partial charge < -0.3 is 19.3 Å². The molecule has 194 valence electrons. The van der Waals surface area contributed by atoms with Crippen molar-refractivity contribution < 1.29 is 27.4 Å². The molecule has 0 radical (unpaired) electrons. The fourth-order valence-electron chi connectivity index (χ4n) is 4.53. The number of benzene rings is 2. The largest absolute Gasteiger partial charge is 0.486 e. The lowest BCUT2D eigenvalue weighted by Gasteiger charge is -2.24. The van der Waals surface area contributed by atoms with E-state index in [4.69, 9.17) is 9.47 Å². The molecule has 2 aliphatic rings. The van der Waals surface area contributed by atoms with Crippen LogP contribution in [0.25, 0.3) is 11.1 Å². The van der Waals surface area contributed by atoms with Gasteiger partial charge in [0.1, 0.15) is 19.0 Å². The summed E-state index contributed by atoms with van der Waals surface area (Å²) < 4.78 is 53.4. The van der Waals surface area contributed by atoms with Gasteiger partial charge in [-0.3, -0.25) is 4.79 Å². The van der Waals surface area contributed by atoms with Crippen molar-refractivity contribution in [3.05, 3.63) is 60.3 Å². The number of hydrogen-bond acceptors (Lipinski definition) is 6. The number of ether oxygens (including phenoxy) is 2. The first-order chi connectivity index (χ1) is 17.7. The van der Waals surface area contributed by atoms with Gasteiger partial charge in [-0.25, -0.2) is 4.98 Å². The van der Waals surface area contributed by atoms with Crippen molar-refractivity contribution >= 4 is 23.5 Å². The topological polar surface area (TPSA) is 54.9 Å². The minimum atomic E-state index is -4.53. The highest BCUT2D eigenvalue weighted by Gasteiger charge is 2.34. The van der Waals surface area contributed by atoms with Crippen LogP contribution in [-0.2, 0) is 11.0 Å². The number of likely N-dealkylation sites (N-methyl/N-ethyl adjacent to an activating group) is 1. The third-order valence-corrected chi connectivity index (χ3v) is 7.70. The molecule has 2 aliphatic heterocycles. The molecule has 1 saturated heterocycles. The van der Waals surface area contributed by atoms with Gasteiger partial charge in [0.25, 0.3) is 0 Å². The lowest BCUT2D eigenvalue weighted by molar-refractivity contribution is -0.139. The molecule has 1 atom stereocenters. The second-order valence-corrected chi connectivity index (χ2v) is 10.2. The molecule has 37 heavy (non-hydrogen) atoms. The molecule has 1 amide bonds. The van der Waals surface area contributed by atoms with Crippen molar-refractivity contribution in [2.45, 2.75) is 35.4 Å². The highest BCUT2D eigenvalue weighted by atomic mass is 32.2. The molecule has 0 saturated carbocycles. The molecule has 0 aliphatic carbocycles. The number of amides is 1. The number of anilines is 1. The highest BCUT2D eigenvalue weighted by molar-refractivity contribution is 7.99. The Morgan fingerprint density at radius 3 is 2.57 bits per heavy atom. The first-order valence-electron chi connectivity index (χ1n) is 11.9. The molecule has 2 aromatic carbocycles. The number of carbonyl (C=O) groups excluding carboxylic acids is 1. The van der Waals surface area contributed by atoms with Crippen molar-refractivity contribution in [2.24, 2.45) is 0 Å². The van der Waals surface area contributed by atoms with E-state index < -0.39 is 11.7 Å². The number of aromatic nitrogens is 1. The fourth-order valence-corrected chi connectivity index (χ4v) is 5.50. The van der Waals surface area contributed by atoms with Crippen LogP contribution in [0.2, 0.25) is 0 Å². The summed E-state index contributed by atoms with van der Waals surface area (Å²) in [4.78, 5) is 20.7. The van der Waals surface area contributed by atoms with Gasteiger partial charge >= 0.3 is 6.18 Å². The quantitative estimate of drug-likeness (QED) is 0.420. The smallest absolute Gasteiger partial charge is 0.417 e. The molecule has 10 heteroatoms. The van der Waals surface area contributed by atoms with E-state index >= 15 is 0 Å². The van der Waals surface area contributed by atoms with Crippen molar-refractivity contribution in [1.29, 1.82) is 0 Å². The number of nitrogens with zero attached hydrogens (tertiary/aromatic N) is 3. The van der Waals surface area contributed by atoms with E-state index in [1.54, 1.807) is 54.5 Å². The molecule has 0 N–H and O–H groups in total. The van der Waals surface area contributed by atoms with Crippen molar-refractivity contribution in [1.82, 2.24) is 9.88 Å². The molecule has 3 heterocycles. The van der Waals surface area contributed by atoms with Gasteiger partial charge in [-0.1, -0.05) is 17.8 Å². The number of pyridine rings is 1. The van der Waals surface area contributed by atoms with E-state index in [-0.39, 0.29) is 16.8 Å². The average Bonchev–Trinajstić information content (AvgIpc) is 3.38.